The summed E-state index contributed by atoms with van der Waals surface area (Å²) >= 11 is 0. The van der Waals surface area contributed by atoms with E-state index in [2.05, 4.69) is 27.9 Å². The Morgan fingerprint density at radius 1 is 1.23 bits per heavy atom. The number of rotatable bonds is 6. The Kier molecular flexibility index (Phi) is 9.12. The molecule has 0 heterocycles. The Bertz CT molecular complexity index is 484. The second-order valence-electron chi connectivity index (χ2n) is 8.31. The van der Waals surface area contributed by atoms with Crippen LogP contribution in [-0.2, 0) is 9.53 Å². The van der Waals surface area contributed by atoms with Crippen LogP contribution < -0.4 is 16.0 Å². The molecule has 1 amide bonds. The second kappa shape index (κ2) is 10.1. The second-order valence-corrected chi connectivity index (χ2v) is 8.31. The van der Waals surface area contributed by atoms with Crippen molar-refractivity contribution in [1.82, 2.24) is 16.0 Å². The lowest BCUT2D eigenvalue weighted by molar-refractivity contribution is -0.126. The third kappa shape index (κ3) is 5.97. The van der Waals surface area contributed by atoms with E-state index in [0.29, 0.717) is 12.1 Å². The summed E-state index contributed by atoms with van der Waals surface area (Å²) in [6, 6.07) is 0.384. The number of carbonyl (C=O) groups is 1. The van der Waals surface area contributed by atoms with Gasteiger partial charge in [0, 0.05) is 30.1 Å². The molecule has 0 aromatic rings. The quantitative estimate of drug-likeness (QED) is 0.311. The van der Waals surface area contributed by atoms with Crippen molar-refractivity contribution in [2.24, 2.45) is 10.4 Å². The number of hydrogen-bond donors (Lipinski definition) is 3. The van der Waals surface area contributed by atoms with Crippen LogP contribution in [0.2, 0.25) is 0 Å². The molecule has 3 N–H and O–H groups in total. The molecule has 0 bridgehead atoms. The lowest BCUT2D eigenvalue weighted by Crippen LogP contribution is -2.65. The van der Waals surface area contributed by atoms with E-state index in [0.717, 1.165) is 25.5 Å². The van der Waals surface area contributed by atoms with E-state index < -0.39 is 0 Å². The maximum Gasteiger partial charge on any atom is 0.242 e. The minimum atomic E-state index is -0.231. The minimum Gasteiger partial charge on any atom is -0.378 e. The van der Waals surface area contributed by atoms with E-state index >= 15 is 0 Å². The highest BCUT2D eigenvalue weighted by molar-refractivity contribution is 14.0. The molecule has 6 nitrogen and oxygen atoms in total. The van der Waals surface area contributed by atoms with Crippen LogP contribution in [0.5, 0.6) is 0 Å². The number of carbonyl (C=O) groups excluding carboxylic acids is 1. The summed E-state index contributed by atoms with van der Waals surface area (Å²) in [5.41, 5.74) is 0.0187. The normalized spacial score (nSPS) is 24.6. The SMILES string of the molecule is CCNC(=NCC(=O)NC(C)(C)C)NC1CC(OCC)C12CCCC2.I. The maximum atomic E-state index is 12.0. The largest absolute Gasteiger partial charge is 0.378 e. The van der Waals surface area contributed by atoms with E-state index in [1.807, 2.05) is 27.7 Å². The van der Waals surface area contributed by atoms with Crippen molar-refractivity contribution in [3.63, 3.8) is 0 Å². The Hall–Kier alpha value is -0.570. The smallest absolute Gasteiger partial charge is 0.242 e. The molecule has 2 atom stereocenters. The molecule has 2 aliphatic rings. The third-order valence-corrected chi connectivity index (χ3v) is 5.24. The van der Waals surface area contributed by atoms with Crippen LogP contribution in [0.4, 0.5) is 0 Å². The van der Waals surface area contributed by atoms with Gasteiger partial charge < -0.3 is 20.7 Å². The van der Waals surface area contributed by atoms with Gasteiger partial charge in [0.05, 0.1) is 6.10 Å². The average Bonchev–Trinajstić information content (AvgIpc) is 3.02. The van der Waals surface area contributed by atoms with Crippen LogP contribution in [0.15, 0.2) is 4.99 Å². The van der Waals surface area contributed by atoms with Gasteiger partial charge in [-0.3, -0.25) is 4.79 Å². The lowest BCUT2D eigenvalue weighted by atomic mass is 9.60. The molecular formula is C19H37IN4O2. The molecule has 0 radical (unpaired) electrons. The fourth-order valence-corrected chi connectivity index (χ4v) is 4.18. The van der Waals surface area contributed by atoms with E-state index in [1.165, 1.54) is 25.7 Å². The summed E-state index contributed by atoms with van der Waals surface area (Å²) < 4.78 is 5.98. The van der Waals surface area contributed by atoms with Crippen LogP contribution >= 0.6 is 24.0 Å². The average molecular weight is 480 g/mol. The van der Waals surface area contributed by atoms with Gasteiger partial charge in [0.2, 0.25) is 5.91 Å². The van der Waals surface area contributed by atoms with Crippen LogP contribution in [0, 0.1) is 5.41 Å². The highest BCUT2D eigenvalue weighted by atomic mass is 127. The number of halogens is 1. The van der Waals surface area contributed by atoms with E-state index in [9.17, 15) is 4.79 Å². The maximum absolute atomic E-state index is 12.0. The first kappa shape index (κ1) is 23.5. The lowest BCUT2D eigenvalue weighted by Gasteiger charge is -2.54. The first-order valence-electron chi connectivity index (χ1n) is 9.78. The summed E-state index contributed by atoms with van der Waals surface area (Å²) in [5, 5.41) is 9.79. The molecule has 2 rings (SSSR count). The standard InChI is InChI=1S/C19H36N4O2.HI/c1-6-20-17(21-13-16(24)23-18(3,4)5)22-14-12-15(25-7-2)19(14)10-8-9-11-19;/h14-15H,6-13H2,1-5H3,(H,23,24)(H2,20,21,22);1H. The third-order valence-electron chi connectivity index (χ3n) is 5.24. The number of ether oxygens (including phenoxy) is 1. The number of nitrogens with one attached hydrogen (secondary N) is 3. The van der Waals surface area contributed by atoms with E-state index in [4.69, 9.17) is 4.74 Å². The molecule has 0 saturated heterocycles. The van der Waals surface area contributed by atoms with Gasteiger partial charge in [-0.25, -0.2) is 4.99 Å². The summed E-state index contributed by atoms with van der Waals surface area (Å²) in [7, 11) is 0. The zero-order valence-corrected chi connectivity index (χ0v) is 19.3. The molecular weight excluding hydrogens is 443 g/mol. The number of amides is 1. The van der Waals surface area contributed by atoms with Crippen molar-refractivity contribution in [3.8, 4) is 0 Å². The highest BCUT2D eigenvalue weighted by Gasteiger charge is 2.56. The molecule has 7 heteroatoms. The molecule has 26 heavy (non-hydrogen) atoms. The first-order valence-corrected chi connectivity index (χ1v) is 9.78. The molecule has 0 aromatic heterocycles. The van der Waals surface area contributed by atoms with Gasteiger partial charge in [-0.1, -0.05) is 12.8 Å². The van der Waals surface area contributed by atoms with Gasteiger partial charge in [-0.05, 0) is 53.9 Å². The van der Waals surface area contributed by atoms with Gasteiger partial charge in [-0.2, -0.15) is 0 Å². The van der Waals surface area contributed by atoms with E-state index in [-0.39, 0.29) is 47.4 Å². The molecule has 0 aromatic carbocycles. The fourth-order valence-electron chi connectivity index (χ4n) is 4.18. The summed E-state index contributed by atoms with van der Waals surface area (Å²) in [6.45, 7) is 11.7. The molecule has 152 valence electrons. The summed E-state index contributed by atoms with van der Waals surface area (Å²) in [4.78, 5) is 16.5. The zero-order chi connectivity index (χ0) is 18.5. The zero-order valence-electron chi connectivity index (χ0n) is 17.0. The van der Waals surface area contributed by atoms with Gasteiger partial charge in [0.15, 0.2) is 5.96 Å². The van der Waals surface area contributed by atoms with Crippen molar-refractivity contribution in [2.75, 3.05) is 19.7 Å². The Morgan fingerprint density at radius 3 is 2.42 bits per heavy atom. The predicted molar refractivity (Wildman–Crippen MR) is 117 cm³/mol. The number of guanidine groups is 1. The van der Waals surface area contributed by atoms with Crippen LogP contribution in [0.25, 0.3) is 0 Å². The molecule has 2 saturated carbocycles. The minimum absolute atomic E-state index is 0. The van der Waals surface area contributed by atoms with Crippen molar-refractivity contribution in [2.45, 2.75) is 84.4 Å². The van der Waals surface area contributed by atoms with Crippen LogP contribution in [0.1, 0.15) is 66.7 Å². The van der Waals surface area contributed by atoms with Crippen molar-refractivity contribution >= 4 is 35.8 Å². The van der Waals surface area contributed by atoms with Crippen molar-refractivity contribution in [1.29, 1.82) is 0 Å². The summed E-state index contributed by atoms with van der Waals surface area (Å²) in [6.07, 6.45) is 6.39. The van der Waals surface area contributed by atoms with Gasteiger partial charge in [0.1, 0.15) is 6.54 Å². The van der Waals surface area contributed by atoms with E-state index in [1.54, 1.807) is 0 Å². The monoisotopic (exact) mass is 480 g/mol. The molecule has 2 unspecified atom stereocenters. The Balaban J connectivity index is 0.00000338. The Morgan fingerprint density at radius 2 is 1.88 bits per heavy atom. The van der Waals surface area contributed by atoms with Crippen LogP contribution in [0.3, 0.4) is 0 Å². The molecule has 1 spiro atoms. The highest BCUT2D eigenvalue weighted by Crippen LogP contribution is 2.54. The van der Waals surface area contributed by atoms with Gasteiger partial charge >= 0.3 is 0 Å². The topological polar surface area (TPSA) is 74.8 Å². The molecule has 2 aliphatic carbocycles. The number of aliphatic imine (C=N–C) groups is 1. The summed E-state index contributed by atoms with van der Waals surface area (Å²) in [5.74, 6) is 0.680. The first-order chi connectivity index (χ1) is 11.8. The van der Waals surface area contributed by atoms with Gasteiger partial charge in [-0.15, -0.1) is 24.0 Å². The number of nitrogens with zero attached hydrogens (tertiary/aromatic N) is 1. The molecule has 0 aliphatic heterocycles. The fraction of sp³-hybridized carbons (Fsp3) is 0.895. The number of hydrogen-bond acceptors (Lipinski definition) is 3. The van der Waals surface area contributed by atoms with Gasteiger partial charge in [0.25, 0.3) is 0 Å². The van der Waals surface area contributed by atoms with Crippen LogP contribution in [-0.4, -0.2) is 49.2 Å². The predicted octanol–water partition coefficient (Wildman–Crippen LogP) is 2.81. The Labute approximate surface area is 175 Å². The molecule has 2 fully saturated rings. The van der Waals surface area contributed by atoms with Crippen molar-refractivity contribution in [3.05, 3.63) is 0 Å². The van der Waals surface area contributed by atoms with Crippen molar-refractivity contribution < 1.29 is 9.53 Å².